The van der Waals surface area contributed by atoms with Crippen LogP contribution in [-0.4, -0.2) is 41.2 Å². The van der Waals surface area contributed by atoms with E-state index in [1.54, 1.807) is 0 Å². The van der Waals surface area contributed by atoms with Crippen LogP contribution in [0, 0.1) is 5.82 Å². The Morgan fingerprint density at radius 1 is 1.20 bits per heavy atom. The quantitative estimate of drug-likeness (QED) is 0.853. The molecular weight excluding hydrogens is 340 g/mol. The van der Waals surface area contributed by atoms with Gasteiger partial charge >= 0.3 is 6.18 Å². The Morgan fingerprint density at radius 3 is 2.64 bits per heavy atom. The molecule has 0 amide bonds. The lowest BCUT2D eigenvalue weighted by Crippen LogP contribution is -2.36. The van der Waals surface area contributed by atoms with Crippen molar-refractivity contribution < 1.29 is 22.3 Å². The summed E-state index contributed by atoms with van der Waals surface area (Å²) < 4.78 is 58.5. The maximum absolute atomic E-state index is 13.4. The normalized spacial score (nSPS) is 16.0. The first-order chi connectivity index (χ1) is 11.9. The number of nitrogens with one attached hydrogen (secondary N) is 1. The summed E-state index contributed by atoms with van der Waals surface area (Å²) in [4.78, 5) is 9.41. The number of alkyl halides is 3. The summed E-state index contributed by atoms with van der Waals surface area (Å²) in [6.07, 6.45) is -3.45. The minimum Gasteiger partial charge on any atom is -0.379 e. The largest absolute Gasteiger partial charge is 0.433 e. The van der Waals surface area contributed by atoms with E-state index in [2.05, 4.69) is 15.3 Å². The average Bonchev–Trinajstić information content (AvgIpc) is 2.56. The molecule has 5 nitrogen and oxygen atoms in total. The number of ether oxygens (including phenoxy) is 1. The number of aromatic nitrogens is 2. The van der Waals surface area contributed by atoms with Crippen LogP contribution in [0.2, 0.25) is 0 Å². The fourth-order valence-corrected chi connectivity index (χ4v) is 2.52. The number of halogens is 4. The monoisotopic (exact) mass is 356 g/mol. The Labute approximate surface area is 141 Å². The van der Waals surface area contributed by atoms with Gasteiger partial charge in [-0.1, -0.05) is 6.07 Å². The van der Waals surface area contributed by atoms with E-state index in [1.165, 1.54) is 18.2 Å². The van der Waals surface area contributed by atoms with Crippen molar-refractivity contribution in [3.05, 3.63) is 47.5 Å². The molecule has 0 radical (unpaired) electrons. The SMILES string of the molecule is Fc1cccc(Nc2ncc(CN3CCOCC3)c(C(F)(F)F)n2)c1. The predicted octanol–water partition coefficient (Wildman–Crippen LogP) is 3.21. The number of hydrogen-bond acceptors (Lipinski definition) is 5. The highest BCUT2D eigenvalue weighted by Gasteiger charge is 2.36. The van der Waals surface area contributed by atoms with E-state index in [1.807, 2.05) is 4.90 Å². The Morgan fingerprint density at radius 2 is 1.96 bits per heavy atom. The van der Waals surface area contributed by atoms with Gasteiger partial charge in [0.1, 0.15) is 5.82 Å². The Bertz CT molecular complexity index is 732. The van der Waals surface area contributed by atoms with Crippen molar-refractivity contribution in [2.24, 2.45) is 0 Å². The third kappa shape index (κ3) is 4.64. The van der Waals surface area contributed by atoms with Gasteiger partial charge in [0.2, 0.25) is 5.95 Å². The van der Waals surface area contributed by atoms with Gasteiger partial charge in [0, 0.05) is 37.1 Å². The summed E-state index contributed by atoms with van der Waals surface area (Å²) in [6, 6.07) is 5.34. The molecule has 0 spiro atoms. The molecule has 25 heavy (non-hydrogen) atoms. The van der Waals surface area contributed by atoms with Crippen LogP contribution in [0.3, 0.4) is 0 Å². The minimum atomic E-state index is -4.61. The molecule has 0 atom stereocenters. The maximum Gasteiger partial charge on any atom is 0.433 e. The van der Waals surface area contributed by atoms with Crippen molar-refractivity contribution in [2.75, 3.05) is 31.6 Å². The van der Waals surface area contributed by atoms with Crippen LogP contribution in [0.15, 0.2) is 30.5 Å². The molecule has 3 rings (SSSR count). The number of benzene rings is 1. The lowest BCUT2D eigenvalue weighted by Gasteiger charge is -2.27. The summed E-state index contributed by atoms with van der Waals surface area (Å²) in [7, 11) is 0. The Balaban J connectivity index is 1.84. The van der Waals surface area contributed by atoms with Crippen molar-refractivity contribution in [1.29, 1.82) is 0 Å². The molecule has 1 aromatic heterocycles. The van der Waals surface area contributed by atoms with Crippen molar-refractivity contribution in [1.82, 2.24) is 14.9 Å². The summed E-state index contributed by atoms with van der Waals surface area (Å²) in [6.45, 7) is 2.18. The lowest BCUT2D eigenvalue weighted by molar-refractivity contribution is -0.142. The van der Waals surface area contributed by atoms with Gasteiger partial charge in [-0.3, -0.25) is 4.90 Å². The van der Waals surface area contributed by atoms with Crippen LogP contribution >= 0.6 is 0 Å². The Hall–Kier alpha value is -2.26. The zero-order valence-corrected chi connectivity index (χ0v) is 13.2. The molecular formula is C16H16F4N4O. The summed E-state index contributed by atoms with van der Waals surface area (Å²) in [5.74, 6) is -0.742. The zero-order chi connectivity index (χ0) is 17.9. The Kier molecular flexibility index (Phi) is 5.14. The van der Waals surface area contributed by atoms with E-state index in [9.17, 15) is 17.6 Å². The van der Waals surface area contributed by atoms with Crippen molar-refractivity contribution in [3.63, 3.8) is 0 Å². The van der Waals surface area contributed by atoms with E-state index in [-0.39, 0.29) is 23.7 Å². The zero-order valence-electron chi connectivity index (χ0n) is 13.2. The second-order valence-electron chi connectivity index (χ2n) is 5.59. The molecule has 1 aliphatic rings. The summed E-state index contributed by atoms with van der Waals surface area (Å²) in [5, 5.41) is 2.59. The van der Waals surface area contributed by atoms with E-state index < -0.39 is 17.7 Å². The van der Waals surface area contributed by atoms with Crippen LogP contribution in [0.5, 0.6) is 0 Å². The van der Waals surface area contributed by atoms with Crippen molar-refractivity contribution in [2.45, 2.75) is 12.7 Å². The van der Waals surface area contributed by atoms with Gasteiger partial charge in [-0.05, 0) is 18.2 Å². The van der Waals surface area contributed by atoms with Gasteiger partial charge in [0.25, 0.3) is 0 Å². The summed E-state index contributed by atoms with van der Waals surface area (Å²) in [5.41, 5.74) is -0.721. The van der Waals surface area contributed by atoms with Crippen LogP contribution in [0.25, 0.3) is 0 Å². The van der Waals surface area contributed by atoms with E-state index in [0.717, 1.165) is 12.3 Å². The number of hydrogen-bond donors (Lipinski definition) is 1. The van der Waals surface area contributed by atoms with Crippen LogP contribution in [0.1, 0.15) is 11.3 Å². The number of anilines is 2. The second-order valence-corrected chi connectivity index (χ2v) is 5.59. The molecule has 0 aliphatic carbocycles. The fraction of sp³-hybridized carbons (Fsp3) is 0.375. The molecule has 134 valence electrons. The molecule has 2 heterocycles. The molecule has 1 aromatic carbocycles. The van der Waals surface area contributed by atoms with Crippen molar-refractivity contribution in [3.8, 4) is 0 Å². The van der Waals surface area contributed by atoms with E-state index >= 15 is 0 Å². The van der Waals surface area contributed by atoms with Gasteiger partial charge in [-0.25, -0.2) is 14.4 Å². The molecule has 1 N–H and O–H groups in total. The van der Waals surface area contributed by atoms with Crippen LogP contribution in [0.4, 0.5) is 29.2 Å². The highest BCUT2D eigenvalue weighted by Crippen LogP contribution is 2.32. The third-order valence-electron chi connectivity index (χ3n) is 3.71. The van der Waals surface area contributed by atoms with Gasteiger partial charge in [0.15, 0.2) is 5.69 Å². The number of morpholine rings is 1. The first-order valence-electron chi connectivity index (χ1n) is 7.67. The highest BCUT2D eigenvalue weighted by atomic mass is 19.4. The smallest absolute Gasteiger partial charge is 0.379 e. The van der Waals surface area contributed by atoms with Gasteiger partial charge in [0.05, 0.1) is 13.2 Å². The van der Waals surface area contributed by atoms with Crippen LogP contribution in [-0.2, 0) is 17.5 Å². The standard InChI is InChI=1S/C16H16F4N4O/c17-12-2-1-3-13(8-12)22-15-21-9-11(14(23-15)16(18,19)20)10-24-4-6-25-7-5-24/h1-3,8-9H,4-7,10H2,(H,21,22,23). The summed E-state index contributed by atoms with van der Waals surface area (Å²) >= 11 is 0. The minimum absolute atomic E-state index is 0.000748. The molecule has 1 aliphatic heterocycles. The van der Waals surface area contributed by atoms with E-state index in [4.69, 9.17) is 4.74 Å². The predicted molar refractivity (Wildman–Crippen MR) is 82.8 cm³/mol. The molecule has 2 aromatic rings. The first-order valence-corrected chi connectivity index (χ1v) is 7.67. The van der Waals surface area contributed by atoms with Crippen LogP contribution < -0.4 is 5.32 Å². The molecule has 0 bridgehead atoms. The fourth-order valence-electron chi connectivity index (χ4n) is 2.52. The molecule has 0 unspecified atom stereocenters. The molecule has 1 saturated heterocycles. The molecule has 9 heteroatoms. The van der Waals surface area contributed by atoms with Gasteiger partial charge < -0.3 is 10.1 Å². The highest BCUT2D eigenvalue weighted by molar-refractivity contribution is 5.53. The second kappa shape index (κ2) is 7.32. The lowest BCUT2D eigenvalue weighted by atomic mass is 10.2. The maximum atomic E-state index is 13.4. The number of rotatable bonds is 4. The number of nitrogens with zero attached hydrogens (tertiary/aromatic N) is 3. The topological polar surface area (TPSA) is 50.3 Å². The average molecular weight is 356 g/mol. The van der Waals surface area contributed by atoms with Gasteiger partial charge in [-0.2, -0.15) is 13.2 Å². The van der Waals surface area contributed by atoms with Crippen molar-refractivity contribution >= 4 is 11.6 Å². The third-order valence-corrected chi connectivity index (χ3v) is 3.71. The van der Waals surface area contributed by atoms with Gasteiger partial charge in [-0.15, -0.1) is 0 Å². The first kappa shape index (κ1) is 17.6. The van der Waals surface area contributed by atoms with E-state index in [0.29, 0.717) is 26.3 Å². The molecule has 1 fully saturated rings. The molecule has 0 saturated carbocycles.